The molecular formula is C24H24N4O4. The molecule has 0 amide bonds. The number of fused-ring (bicyclic) bond motifs is 2. The van der Waals surface area contributed by atoms with Crippen molar-refractivity contribution >= 4 is 11.0 Å². The number of nitrogens with zero attached hydrogens (tertiary/aromatic N) is 3. The highest BCUT2D eigenvalue weighted by Gasteiger charge is 2.25. The first kappa shape index (κ1) is 20.4. The molecule has 4 aromatic rings. The molecule has 0 bridgehead atoms. The Bertz CT molecular complexity index is 1250. The Balaban J connectivity index is 1.56. The fourth-order valence-electron chi connectivity index (χ4n) is 4.17. The van der Waals surface area contributed by atoms with Crippen LogP contribution in [0.25, 0.3) is 33.5 Å². The number of hydrogen-bond acceptors (Lipinski definition) is 7. The summed E-state index contributed by atoms with van der Waals surface area (Å²) in [5, 5.41) is 17.7. The SMILES string of the molecule is COCCOc1ccc(-c2n[nH]c3cc(OC)c(-c4cccc5c4CC(O)C5)nc23)cn1. The van der Waals surface area contributed by atoms with Crippen molar-refractivity contribution in [3.63, 3.8) is 0 Å². The monoisotopic (exact) mass is 432 g/mol. The molecule has 1 aliphatic carbocycles. The second-order valence-corrected chi connectivity index (χ2v) is 7.74. The van der Waals surface area contributed by atoms with Gasteiger partial charge < -0.3 is 19.3 Å². The summed E-state index contributed by atoms with van der Waals surface area (Å²) < 4.78 is 16.2. The highest BCUT2D eigenvalue weighted by molar-refractivity contribution is 5.93. The zero-order valence-electron chi connectivity index (χ0n) is 18.0. The molecule has 0 fully saturated rings. The number of pyridine rings is 2. The standard InChI is InChI=1S/C24H24N4O4/c1-30-8-9-32-21-7-6-15(13-25-21)22-24-19(27-28-22)12-20(31-2)23(26-24)17-5-3-4-14-10-16(29)11-18(14)17/h3-7,12-13,16,29H,8-11H2,1-2H3,(H,27,28). The third-order valence-electron chi connectivity index (χ3n) is 5.69. The highest BCUT2D eigenvalue weighted by atomic mass is 16.5. The van der Waals surface area contributed by atoms with Crippen LogP contribution >= 0.6 is 0 Å². The van der Waals surface area contributed by atoms with Gasteiger partial charge in [0.05, 0.1) is 25.3 Å². The lowest BCUT2D eigenvalue weighted by Crippen LogP contribution is -2.05. The second-order valence-electron chi connectivity index (χ2n) is 7.74. The van der Waals surface area contributed by atoms with Crippen LogP contribution in [-0.2, 0) is 17.6 Å². The second kappa shape index (κ2) is 8.57. The van der Waals surface area contributed by atoms with Crippen molar-refractivity contribution in [3.05, 3.63) is 53.7 Å². The van der Waals surface area contributed by atoms with E-state index in [2.05, 4.69) is 21.2 Å². The molecular weight excluding hydrogens is 408 g/mol. The normalized spacial score (nSPS) is 15.2. The van der Waals surface area contributed by atoms with Gasteiger partial charge in [-0.2, -0.15) is 5.10 Å². The molecule has 1 aromatic carbocycles. The van der Waals surface area contributed by atoms with E-state index in [0.29, 0.717) is 43.4 Å². The van der Waals surface area contributed by atoms with Crippen LogP contribution in [0.5, 0.6) is 11.6 Å². The van der Waals surface area contributed by atoms with Crippen molar-refractivity contribution in [1.82, 2.24) is 20.2 Å². The summed E-state index contributed by atoms with van der Waals surface area (Å²) in [6, 6.07) is 11.7. The molecule has 164 valence electrons. The van der Waals surface area contributed by atoms with Gasteiger partial charge in [0.1, 0.15) is 29.3 Å². The minimum atomic E-state index is -0.360. The van der Waals surface area contributed by atoms with E-state index in [1.165, 1.54) is 0 Å². The Morgan fingerprint density at radius 1 is 1.09 bits per heavy atom. The number of H-pyrrole nitrogens is 1. The van der Waals surface area contributed by atoms with Crippen LogP contribution in [-0.4, -0.2) is 58.8 Å². The van der Waals surface area contributed by atoms with Crippen molar-refractivity contribution in [2.45, 2.75) is 18.9 Å². The Morgan fingerprint density at radius 3 is 2.78 bits per heavy atom. The van der Waals surface area contributed by atoms with Crippen LogP contribution < -0.4 is 9.47 Å². The van der Waals surface area contributed by atoms with Gasteiger partial charge in [-0.3, -0.25) is 5.10 Å². The number of nitrogens with one attached hydrogen (secondary N) is 1. The molecule has 1 aliphatic rings. The number of rotatable bonds is 7. The van der Waals surface area contributed by atoms with E-state index < -0.39 is 0 Å². The summed E-state index contributed by atoms with van der Waals surface area (Å²) in [7, 11) is 3.26. The van der Waals surface area contributed by atoms with E-state index in [4.69, 9.17) is 19.2 Å². The first-order valence-electron chi connectivity index (χ1n) is 10.5. The van der Waals surface area contributed by atoms with Gasteiger partial charge in [-0.05, 0) is 30.0 Å². The summed E-state index contributed by atoms with van der Waals surface area (Å²) >= 11 is 0. The molecule has 1 atom stereocenters. The molecule has 8 heteroatoms. The van der Waals surface area contributed by atoms with Gasteiger partial charge in [0, 0.05) is 36.6 Å². The number of aliphatic hydroxyl groups excluding tert-OH is 1. The van der Waals surface area contributed by atoms with Gasteiger partial charge in [0.2, 0.25) is 5.88 Å². The van der Waals surface area contributed by atoms with Gasteiger partial charge in [-0.1, -0.05) is 18.2 Å². The van der Waals surface area contributed by atoms with Gasteiger partial charge in [-0.25, -0.2) is 9.97 Å². The fourth-order valence-corrected chi connectivity index (χ4v) is 4.17. The number of methoxy groups -OCH3 is 2. The zero-order chi connectivity index (χ0) is 22.1. The largest absolute Gasteiger partial charge is 0.494 e. The molecule has 1 unspecified atom stereocenters. The van der Waals surface area contributed by atoms with E-state index in [1.807, 2.05) is 24.3 Å². The number of aromatic amines is 1. The number of hydrogen-bond donors (Lipinski definition) is 2. The molecule has 2 N–H and O–H groups in total. The average Bonchev–Trinajstić information content (AvgIpc) is 3.40. The summed E-state index contributed by atoms with van der Waals surface area (Å²) in [6.07, 6.45) is 2.64. The van der Waals surface area contributed by atoms with Gasteiger partial charge in [0.25, 0.3) is 0 Å². The van der Waals surface area contributed by atoms with Crippen molar-refractivity contribution in [3.8, 4) is 34.1 Å². The minimum Gasteiger partial charge on any atom is -0.494 e. The van der Waals surface area contributed by atoms with Crippen LogP contribution in [0.15, 0.2) is 42.6 Å². The summed E-state index contributed by atoms with van der Waals surface area (Å²) in [4.78, 5) is 9.33. The quantitative estimate of drug-likeness (QED) is 0.433. The number of benzene rings is 1. The average molecular weight is 432 g/mol. The van der Waals surface area contributed by atoms with E-state index in [1.54, 1.807) is 26.5 Å². The number of aliphatic hydroxyl groups is 1. The molecule has 3 heterocycles. The summed E-state index contributed by atoms with van der Waals surface area (Å²) in [6.45, 7) is 0.942. The van der Waals surface area contributed by atoms with E-state index in [9.17, 15) is 5.11 Å². The maximum atomic E-state index is 10.2. The Kier molecular flexibility index (Phi) is 5.46. The van der Waals surface area contributed by atoms with Crippen molar-refractivity contribution in [2.24, 2.45) is 0 Å². The third-order valence-corrected chi connectivity index (χ3v) is 5.69. The van der Waals surface area contributed by atoms with Crippen LogP contribution in [0, 0.1) is 0 Å². The Morgan fingerprint density at radius 2 is 2.00 bits per heavy atom. The summed E-state index contributed by atoms with van der Waals surface area (Å²) in [5.74, 6) is 1.18. The van der Waals surface area contributed by atoms with E-state index in [0.717, 1.165) is 39.0 Å². The van der Waals surface area contributed by atoms with Gasteiger partial charge >= 0.3 is 0 Å². The summed E-state index contributed by atoms with van der Waals surface area (Å²) in [5.41, 5.74) is 7.01. The zero-order valence-corrected chi connectivity index (χ0v) is 18.0. The maximum Gasteiger partial charge on any atom is 0.213 e. The van der Waals surface area contributed by atoms with Crippen LogP contribution in [0.3, 0.4) is 0 Å². The third kappa shape index (κ3) is 3.68. The number of ether oxygens (including phenoxy) is 3. The molecule has 0 radical (unpaired) electrons. The minimum absolute atomic E-state index is 0.360. The lowest BCUT2D eigenvalue weighted by Gasteiger charge is -2.12. The Hall–Kier alpha value is -3.49. The lowest BCUT2D eigenvalue weighted by atomic mass is 9.99. The van der Waals surface area contributed by atoms with E-state index >= 15 is 0 Å². The molecule has 8 nitrogen and oxygen atoms in total. The highest BCUT2D eigenvalue weighted by Crippen LogP contribution is 2.38. The van der Waals surface area contributed by atoms with Crippen LogP contribution in [0.4, 0.5) is 0 Å². The topological polar surface area (TPSA) is 102 Å². The Labute approximate surface area is 185 Å². The smallest absolute Gasteiger partial charge is 0.213 e. The van der Waals surface area contributed by atoms with E-state index in [-0.39, 0.29) is 6.10 Å². The van der Waals surface area contributed by atoms with Crippen molar-refractivity contribution in [1.29, 1.82) is 0 Å². The molecule has 0 saturated heterocycles. The van der Waals surface area contributed by atoms with Crippen LogP contribution in [0.1, 0.15) is 11.1 Å². The van der Waals surface area contributed by atoms with Crippen molar-refractivity contribution in [2.75, 3.05) is 27.4 Å². The predicted molar refractivity (Wildman–Crippen MR) is 120 cm³/mol. The van der Waals surface area contributed by atoms with Gasteiger partial charge in [0.15, 0.2) is 0 Å². The molecule has 0 spiro atoms. The molecule has 3 aromatic heterocycles. The molecule has 0 saturated carbocycles. The molecule has 32 heavy (non-hydrogen) atoms. The maximum absolute atomic E-state index is 10.2. The fraction of sp³-hybridized carbons (Fsp3) is 0.292. The van der Waals surface area contributed by atoms with Crippen LogP contribution in [0.2, 0.25) is 0 Å². The molecule has 0 aliphatic heterocycles. The first-order chi connectivity index (χ1) is 15.7. The van der Waals surface area contributed by atoms with Crippen molar-refractivity contribution < 1.29 is 19.3 Å². The number of aromatic nitrogens is 4. The first-order valence-corrected chi connectivity index (χ1v) is 10.5. The lowest BCUT2D eigenvalue weighted by molar-refractivity contribution is 0.144. The predicted octanol–water partition coefficient (Wildman–Crippen LogP) is 3.18. The molecule has 5 rings (SSSR count). The van der Waals surface area contributed by atoms with Gasteiger partial charge in [-0.15, -0.1) is 0 Å².